The van der Waals surface area contributed by atoms with Gasteiger partial charge >= 0.3 is 6.09 Å². The van der Waals surface area contributed by atoms with Crippen molar-refractivity contribution in [2.45, 2.75) is 25.9 Å². The first-order valence-electron chi connectivity index (χ1n) is 7.03. The van der Waals surface area contributed by atoms with E-state index in [4.69, 9.17) is 4.74 Å². The number of ether oxygens (including phenoxy) is 1. The molecule has 1 fully saturated rings. The normalized spacial score (nSPS) is 17.1. The van der Waals surface area contributed by atoms with Crippen LogP contribution in [0.3, 0.4) is 0 Å². The average molecular weight is 305 g/mol. The van der Waals surface area contributed by atoms with Crippen LogP contribution in [0.25, 0.3) is 0 Å². The molecule has 22 heavy (non-hydrogen) atoms. The second-order valence-corrected chi connectivity index (χ2v) is 5.24. The predicted molar refractivity (Wildman–Crippen MR) is 81.5 cm³/mol. The standard InChI is InChI=1S/C15H19N3O4/c1-10(19)16-11-4-3-5-12(8-11)17-14(20)7-6-13-9-18(2)15(21)22-13/h3-5,8,13H,6-7,9H2,1-2H3,(H,16,19)(H,17,20). The van der Waals surface area contributed by atoms with Crippen LogP contribution in [0.5, 0.6) is 0 Å². The van der Waals surface area contributed by atoms with Crippen LogP contribution >= 0.6 is 0 Å². The lowest BCUT2D eigenvalue weighted by molar-refractivity contribution is -0.116. The molecular weight excluding hydrogens is 286 g/mol. The fourth-order valence-electron chi connectivity index (χ4n) is 2.19. The van der Waals surface area contributed by atoms with Crippen molar-refractivity contribution in [3.05, 3.63) is 24.3 Å². The molecule has 1 aromatic rings. The summed E-state index contributed by atoms with van der Waals surface area (Å²) >= 11 is 0. The quantitative estimate of drug-likeness (QED) is 0.868. The summed E-state index contributed by atoms with van der Waals surface area (Å²) in [5.41, 5.74) is 1.23. The number of rotatable bonds is 5. The van der Waals surface area contributed by atoms with Gasteiger partial charge in [0.2, 0.25) is 11.8 Å². The summed E-state index contributed by atoms with van der Waals surface area (Å²) in [4.78, 5) is 35.6. The molecule has 0 spiro atoms. The van der Waals surface area contributed by atoms with Gasteiger partial charge in [0.25, 0.3) is 0 Å². The SMILES string of the molecule is CC(=O)Nc1cccc(NC(=O)CCC2CN(C)C(=O)O2)c1. The van der Waals surface area contributed by atoms with Crippen molar-refractivity contribution in [1.29, 1.82) is 0 Å². The van der Waals surface area contributed by atoms with E-state index in [1.165, 1.54) is 11.8 Å². The molecule has 0 radical (unpaired) electrons. The molecule has 0 bridgehead atoms. The predicted octanol–water partition coefficient (Wildman–Crippen LogP) is 1.81. The lowest BCUT2D eigenvalue weighted by Crippen LogP contribution is -2.20. The Labute approximate surface area is 128 Å². The van der Waals surface area contributed by atoms with E-state index < -0.39 is 0 Å². The minimum atomic E-state index is -0.353. The Balaban J connectivity index is 1.82. The molecule has 7 nitrogen and oxygen atoms in total. The molecule has 0 saturated carbocycles. The van der Waals surface area contributed by atoms with Gasteiger partial charge < -0.3 is 20.3 Å². The van der Waals surface area contributed by atoms with Gasteiger partial charge in [0.15, 0.2) is 0 Å². The van der Waals surface area contributed by atoms with Crippen LogP contribution in [0.2, 0.25) is 0 Å². The average Bonchev–Trinajstić information content (AvgIpc) is 2.75. The molecule has 2 N–H and O–H groups in total. The van der Waals surface area contributed by atoms with Gasteiger partial charge in [0, 0.05) is 31.8 Å². The summed E-state index contributed by atoms with van der Waals surface area (Å²) < 4.78 is 5.10. The van der Waals surface area contributed by atoms with E-state index in [1.54, 1.807) is 31.3 Å². The fourth-order valence-corrected chi connectivity index (χ4v) is 2.19. The Morgan fingerprint density at radius 3 is 2.59 bits per heavy atom. The Hall–Kier alpha value is -2.57. The molecule has 1 heterocycles. The van der Waals surface area contributed by atoms with Crippen LogP contribution in [0.4, 0.5) is 16.2 Å². The van der Waals surface area contributed by atoms with Crippen molar-refractivity contribution in [1.82, 2.24) is 4.90 Å². The smallest absolute Gasteiger partial charge is 0.409 e. The van der Waals surface area contributed by atoms with Gasteiger partial charge in [0.1, 0.15) is 6.10 Å². The molecule has 1 aliphatic heterocycles. The van der Waals surface area contributed by atoms with E-state index in [0.29, 0.717) is 24.3 Å². The summed E-state index contributed by atoms with van der Waals surface area (Å²) in [5.74, 6) is -0.332. The zero-order chi connectivity index (χ0) is 16.1. The van der Waals surface area contributed by atoms with Crippen molar-refractivity contribution < 1.29 is 19.1 Å². The number of carbonyl (C=O) groups excluding carboxylic acids is 3. The summed E-state index contributed by atoms with van der Waals surface area (Å²) in [6, 6.07) is 6.91. The van der Waals surface area contributed by atoms with Crippen molar-refractivity contribution in [2.75, 3.05) is 24.2 Å². The highest BCUT2D eigenvalue weighted by Gasteiger charge is 2.28. The van der Waals surface area contributed by atoms with Crippen LogP contribution in [0.15, 0.2) is 24.3 Å². The topological polar surface area (TPSA) is 87.7 Å². The highest BCUT2D eigenvalue weighted by Crippen LogP contribution is 2.17. The zero-order valence-corrected chi connectivity index (χ0v) is 12.6. The number of likely N-dealkylation sites (N-methyl/N-ethyl adjacent to an activating group) is 1. The van der Waals surface area contributed by atoms with Crippen molar-refractivity contribution in [3.63, 3.8) is 0 Å². The Bertz CT molecular complexity index is 588. The van der Waals surface area contributed by atoms with Gasteiger partial charge in [-0.25, -0.2) is 4.79 Å². The Kier molecular flexibility index (Phi) is 4.98. The molecule has 1 aliphatic rings. The van der Waals surface area contributed by atoms with Gasteiger partial charge in [-0.3, -0.25) is 9.59 Å². The largest absolute Gasteiger partial charge is 0.444 e. The maximum atomic E-state index is 11.9. The fraction of sp³-hybridized carbons (Fsp3) is 0.400. The number of benzene rings is 1. The summed E-state index contributed by atoms with van der Waals surface area (Å²) in [6.45, 7) is 1.93. The summed E-state index contributed by atoms with van der Waals surface area (Å²) in [6.07, 6.45) is 0.145. The molecule has 2 rings (SSSR count). The molecule has 1 saturated heterocycles. The van der Waals surface area contributed by atoms with Crippen LogP contribution in [0.1, 0.15) is 19.8 Å². The van der Waals surface area contributed by atoms with Crippen LogP contribution in [-0.4, -0.2) is 42.5 Å². The number of amides is 3. The number of hydrogen-bond acceptors (Lipinski definition) is 4. The van der Waals surface area contributed by atoms with E-state index in [-0.39, 0.29) is 30.4 Å². The number of nitrogens with one attached hydrogen (secondary N) is 2. The second kappa shape index (κ2) is 6.93. The zero-order valence-electron chi connectivity index (χ0n) is 12.6. The first kappa shape index (κ1) is 15.8. The van der Waals surface area contributed by atoms with Crippen LogP contribution < -0.4 is 10.6 Å². The highest BCUT2D eigenvalue weighted by atomic mass is 16.6. The second-order valence-electron chi connectivity index (χ2n) is 5.24. The maximum Gasteiger partial charge on any atom is 0.409 e. The molecule has 0 aromatic heterocycles. The highest BCUT2D eigenvalue weighted by molar-refractivity contribution is 5.93. The van der Waals surface area contributed by atoms with Crippen LogP contribution in [0, 0.1) is 0 Å². The summed E-state index contributed by atoms with van der Waals surface area (Å²) in [7, 11) is 1.66. The first-order chi connectivity index (χ1) is 10.4. The third kappa shape index (κ3) is 4.47. The molecule has 0 aliphatic carbocycles. The lowest BCUT2D eigenvalue weighted by Gasteiger charge is -2.10. The maximum absolute atomic E-state index is 11.9. The molecule has 1 atom stereocenters. The molecule has 3 amide bonds. The monoisotopic (exact) mass is 305 g/mol. The van der Waals surface area contributed by atoms with E-state index in [1.807, 2.05) is 0 Å². The summed E-state index contributed by atoms with van der Waals surface area (Å²) in [5, 5.41) is 5.41. The van der Waals surface area contributed by atoms with E-state index in [2.05, 4.69) is 10.6 Å². The number of carbonyl (C=O) groups is 3. The van der Waals surface area contributed by atoms with E-state index >= 15 is 0 Å². The lowest BCUT2D eigenvalue weighted by atomic mass is 10.2. The van der Waals surface area contributed by atoms with Gasteiger partial charge in [-0.05, 0) is 24.6 Å². The van der Waals surface area contributed by atoms with Crippen molar-refractivity contribution in [2.24, 2.45) is 0 Å². The van der Waals surface area contributed by atoms with E-state index in [0.717, 1.165) is 0 Å². The number of cyclic esters (lactones) is 1. The third-order valence-corrected chi connectivity index (χ3v) is 3.22. The Morgan fingerprint density at radius 2 is 2.00 bits per heavy atom. The van der Waals surface area contributed by atoms with E-state index in [9.17, 15) is 14.4 Å². The molecule has 1 unspecified atom stereocenters. The number of anilines is 2. The molecule has 7 heteroatoms. The molecular formula is C15H19N3O4. The van der Waals surface area contributed by atoms with Gasteiger partial charge in [0.05, 0.1) is 6.54 Å². The first-order valence-corrected chi connectivity index (χ1v) is 7.03. The minimum absolute atomic E-state index is 0.162. The van der Waals surface area contributed by atoms with Crippen LogP contribution in [-0.2, 0) is 14.3 Å². The molecule has 1 aromatic carbocycles. The minimum Gasteiger partial charge on any atom is -0.444 e. The number of nitrogens with zero attached hydrogens (tertiary/aromatic N) is 1. The molecule has 118 valence electrons. The van der Waals surface area contributed by atoms with Gasteiger partial charge in [-0.15, -0.1) is 0 Å². The van der Waals surface area contributed by atoms with Gasteiger partial charge in [-0.2, -0.15) is 0 Å². The number of hydrogen-bond donors (Lipinski definition) is 2. The van der Waals surface area contributed by atoms with Crippen molar-refractivity contribution in [3.8, 4) is 0 Å². The van der Waals surface area contributed by atoms with Crippen molar-refractivity contribution >= 4 is 29.3 Å². The third-order valence-electron chi connectivity index (χ3n) is 3.22. The Morgan fingerprint density at radius 1 is 1.32 bits per heavy atom. The van der Waals surface area contributed by atoms with Gasteiger partial charge in [-0.1, -0.05) is 6.07 Å².